The van der Waals surface area contributed by atoms with Crippen molar-refractivity contribution in [2.45, 2.75) is 4.90 Å². The van der Waals surface area contributed by atoms with Crippen molar-refractivity contribution in [3.8, 4) is 5.75 Å². The third-order valence-electron chi connectivity index (χ3n) is 4.20. The third-order valence-corrected chi connectivity index (χ3v) is 6.08. The van der Waals surface area contributed by atoms with Crippen LogP contribution in [0.2, 0.25) is 0 Å². The van der Waals surface area contributed by atoms with E-state index < -0.39 is 10.0 Å². The first-order valence-electron chi connectivity index (χ1n) is 8.05. The zero-order valence-electron chi connectivity index (χ0n) is 14.3. The normalized spacial score (nSPS) is 16.6. The highest BCUT2D eigenvalue weighted by molar-refractivity contribution is 7.89. The monoisotopic (exact) mass is 362 g/mol. The van der Waals surface area contributed by atoms with Crippen molar-refractivity contribution in [3.63, 3.8) is 0 Å². The van der Waals surface area contributed by atoms with Crippen LogP contribution >= 0.6 is 0 Å². The topological polar surface area (TPSA) is 74.8 Å². The molecule has 0 bridgehead atoms. The van der Waals surface area contributed by atoms with Gasteiger partial charge in [0.15, 0.2) is 0 Å². The molecule has 134 valence electrons. The Balaban J connectivity index is 1.70. The maximum Gasteiger partial charge on any atom is 0.244 e. The highest BCUT2D eigenvalue weighted by Crippen LogP contribution is 2.21. The summed E-state index contributed by atoms with van der Waals surface area (Å²) < 4.78 is 32.0. The summed E-state index contributed by atoms with van der Waals surface area (Å²) in [7, 11) is 0.122. The molecule has 0 spiro atoms. The minimum atomic E-state index is -3.48. The molecular formula is C17H22N4O3S. The Morgan fingerprint density at radius 2 is 1.72 bits per heavy atom. The standard InChI is InChI=1S/C17H22N4O3S/c1-20-9-11-21(12-10-20)25(22,23)16-7-8-17(18-13-16)19-14-3-5-15(24-2)6-4-14/h3-8,13H,9-12H2,1-2H3,(H,18,19). The molecule has 0 radical (unpaired) electrons. The molecule has 0 atom stereocenters. The number of benzene rings is 1. The zero-order valence-corrected chi connectivity index (χ0v) is 15.2. The Morgan fingerprint density at radius 1 is 1.04 bits per heavy atom. The van der Waals surface area contributed by atoms with Gasteiger partial charge in [0.25, 0.3) is 0 Å². The number of hydrogen-bond donors (Lipinski definition) is 1. The van der Waals surface area contributed by atoms with Gasteiger partial charge in [-0.1, -0.05) is 0 Å². The molecule has 1 aliphatic heterocycles. The van der Waals surface area contributed by atoms with Gasteiger partial charge in [0.2, 0.25) is 10.0 Å². The van der Waals surface area contributed by atoms with Gasteiger partial charge < -0.3 is 15.0 Å². The second-order valence-corrected chi connectivity index (χ2v) is 7.88. The highest BCUT2D eigenvalue weighted by atomic mass is 32.2. The Bertz CT molecular complexity index is 799. The lowest BCUT2D eigenvalue weighted by Crippen LogP contribution is -2.47. The number of rotatable bonds is 5. The van der Waals surface area contributed by atoms with Gasteiger partial charge in [0, 0.05) is 38.1 Å². The van der Waals surface area contributed by atoms with Crippen LogP contribution in [-0.2, 0) is 10.0 Å². The maximum atomic E-state index is 12.7. The number of sulfonamides is 1. The highest BCUT2D eigenvalue weighted by Gasteiger charge is 2.27. The van der Waals surface area contributed by atoms with E-state index in [0.717, 1.165) is 24.5 Å². The number of pyridine rings is 1. The quantitative estimate of drug-likeness (QED) is 0.874. The summed E-state index contributed by atoms with van der Waals surface area (Å²) in [6.07, 6.45) is 1.40. The van der Waals surface area contributed by atoms with E-state index in [2.05, 4.69) is 15.2 Å². The number of nitrogens with zero attached hydrogens (tertiary/aromatic N) is 3. The van der Waals surface area contributed by atoms with Crippen molar-refractivity contribution in [3.05, 3.63) is 42.6 Å². The van der Waals surface area contributed by atoms with Gasteiger partial charge in [0.05, 0.1) is 7.11 Å². The van der Waals surface area contributed by atoms with Gasteiger partial charge in [-0.05, 0) is 43.4 Å². The molecule has 1 N–H and O–H groups in total. The summed E-state index contributed by atoms with van der Waals surface area (Å²) in [5.74, 6) is 1.36. The van der Waals surface area contributed by atoms with Crippen LogP contribution in [0.5, 0.6) is 5.75 Å². The fourth-order valence-electron chi connectivity index (χ4n) is 2.61. The van der Waals surface area contributed by atoms with Crippen LogP contribution in [0.4, 0.5) is 11.5 Å². The van der Waals surface area contributed by atoms with E-state index in [0.29, 0.717) is 18.9 Å². The summed E-state index contributed by atoms with van der Waals surface area (Å²) in [4.78, 5) is 6.57. The SMILES string of the molecule is COc1ccc(Nc2ccc(S(=O)(=O)N3CCN(C)CC3)cn2)cc1. The van der Waals surface area contributed by atoms with Crippen LogP contribution in [0.15, 0.2) is 47.5 Å². The smallest absolute Gasteiger partial charge is 0.244 e. The number of likely N-dealkylation sites (N-methyl/N-ethyl adjacent to an activating group) is 1. The van der Waals surface area contributed by atoms with Crippen molar-refractivity contribution >= 4 is 21.5 Å². The van der Waals surface area contributed by atoms with E-state index in [4.69, 9.17) is 4.74 Å². The Morgan fingerprint density at radius 3 is 2.28 bits per heavy atom. The van der Waals surface area contributed by atoms with Crippen LogP contribution in [0.3, 0.4) is 0 Å². The van der Waals surface area contributed by atoms with Crippen molar-refractivity contribution in [2.75, 3.05) is 45.7 Å². The molecule has 2 heterocycles. The average Bonchev–Trinajstić information content (AvgIpc) is 2.63. The summed E-state index contributed by atoms with van der Waals surface area (Å²) >= 11 is 0. The molecular weight excluding hydrogens is 340 g/mol. The molecule has 0 amide bonds. The summed E-state index contributed by atoms with van der Waals surface area (Å²) in [6, 6.07) is 10.7. The molecule has 3 rings (SSSR count). The minimum Gasteiger partial charge on any atom is -0.497 e. The van der Waals surface area contributed by atoms with Gasteiger partial charge in [0.1, 0.15) is 16.5 Å². The van der Waals surface area contributed by atoms with Crippen LogP contribution in [0.1, 0.15) is 0 Å². The van der Waals surface area contributed by atoms with Crippen LogP contribution in [-0.4, -0.2) is 62.9 Å². The number of hydrogen-bond acceptors (Lipinski definition) is 6. The number of piperazine rings is 1. The minimum absolute atomic E-state index is 0.220. The molecule has 0 aliphatic carbocycles. The van der Waals surface area contributed by atoms with Crippen molar-refractivity contribution in [2.24, 2.45) is 0 Å². The Kier molecular flexibility index (Phi) is 5.22. The largest absolute Gasteiger partial charge is 0.497 e. The molecule has 7 nitrogen and oxygen atoms in total. The first-order chi connectivity index (χ1) is 12.0. The lowest BCUT2D eigenvalue weighted by Gasteiger charge is -2.31. The summed E-state index contributed by atoms with van der Waals surface area (Å²) in [6.45, 7) is 2.49. The average molecular weight is 362 g/mol. The second-order valence-electron chi connectivity index (χ2n) is 5.94. The molecule has 1 aromatic carbocycles. The molecule has 0 saturated carbocycles. The number of aromatic nitrogens is 1. The maximum absolute atomic E-state index is 12.7. The lowest BCUT2D eigenvalue weighted by molar-refractivity contribution is 0.222. The van der Waals surface area contributed by atoms with Crippen LogP contribution in [0, 0.1) is 0 Å². The number of anilines is 2. The van der Waals surface area contributed by atoms with Crippen molar-refractivity contribution < 1.29 is 13.2 Å². The van der Waals surface area contributed by atoms with Crippen molar-refractivity contribution in [1.82, 2.24) is 14.2 Å². The second kappa shape index (κ2) is 7.38. The molecule has 1 fully saturated rings. The summed E-state index contributed by atoms with van der Waals surface area (Å²) in [5, 5.41) is 3.14. The van der Waals surface area contributed by atoms with E-state index in [-0.39, 0.29) is 4.90 Å². The van der Waals surface area contributed by atoms with E-state index in [1.165, 1.54) is 10.5 Å². The molecule has 8 heteroatoms. The molecule has 1 saturated heterocycles. The number of nitrogens with one attached hydrogen (secondary N) is 1. The summed E-state index contributed by atoms with van der Waals surface area (Å²) in [5.41, 5.74) is 0.850. The number of methoxy groups -OCH3 is 1. The van der Waals surface area contributed by atoms with Gasteiger partial charge >= 0.3 is 0 Å². The fraction of sp³-hybridized carbons (Fsp3) is 0.353. The molecule has 1 aliphatic rings. The third kappa shape index (κ3) is 4.09. The number of ether oxygens (including phenoxy) is 1. The van der Waals surface area contributed by atoms with E-state index in [1.54, 1.807) is 19.2 Å². The lowest BCUT2D eigenvalue weighted by atomic mass is 10.3. The molecule has 25 heavy (non-hydrogen) atoms. The molecule has 2 aromatic rings. The fourth-order valence-corrected chi connectivity index (χ4v) is 3.97. The van der Waals surface area contributed by atoms with Gasteiger partial charge in [-0.2, -0.15) is 4.31 Å². The Hall–Kier alpha value is -2.16. The van der Waals surface area contributed by atoms with E-state index in [1.807, 2.05) is 31.3 Å². The first kappa shape index (κ1) is 17.7. The van der Waals surface area contributed by atoms with E-state index in [9.17, 15) is 8.42 Å². The van der Waals surface area contributed by atoms with Crippen LogP contribution in [0.25, 0.3) is 0 Å². The molecule has 0 unspecified atom stereocenters. The first-order valence-corrected chi connectivity index (χ1v) is 9.49. The van der Waals surface area contributed by atoms with Gasteiger partial charge in [-0.3, -0.25) is 0 Å². The Labute approximate surface area is 148 Å². The molecule has 1 aromatic heterocycles. The predicted octanol–water partition coefficient (Wildman–Crippen LogP) is 1.77. The van der Waals surface area contributed by atoms with Gasteiger partial charge in [-0.15, -0.1) is 0 Å². The van der Waals surface area contributed by atoms with Crippen molar-refractivity contribution in [1.29, 1.82) is 0 Å². The van der Waals surface area contributed by atoms with Crippen LogP contribution < -0.4 is 10.1 Å². The zero-order chi connectivity index (χ0) is 17.9. The predicted molar refractivity (Wildman–Crippen MR) is 96.8 cm³/mol. The van der Waals surface area contributed by atoms with E-state index >= 15 is 0 Å². The van der Waals surface area contributed by atoms with Gasteiger partial charge in [-0.25, -0.2) is 13.4 Å².